The van der Waals surface area contributed by atoms with E-state index in [2.05, 4.69) is 14.7 Å². The fraction of sp³-hybridized carbons (Fsp3) is 0.471. The number of carbonyl (C=O) groups is 1. The molecule has 1 fully saturated rings. The Labute approximate surface area is 153 Å². The number of para-hydroxylation sites is 1. The number of nitrogens with zero attached hydrogens (tertiary/aromatic N) is 3. The van der Waals surface area contributed by atoms with Crippen LogP contribution in [0, 0.1) is 0 Å². The lowest BCUT2D eigenvalue weighted by Crippen LogP contribution is -2.45. The maximum Gasteiger partial charge on any atom is 0.423 e. The number of nitrogen functional groups attached to an aromatic ring is 1. The molecule has 0 unspecified atom stereocenters. The van der Waals surface area contributed by atoms with Gasteiger partial charge in [-0.05, 0) is 31.9 Å². The van der Waals surface area contributed by atoms with E-state index in [9.17, 15) is 23.1 Å². The van der Waals surface area contributed by atoms with Gasteiger partial charge >= 0.3 is 6.18 Å². The molecule has 0 aliphatic carbocycles. The summed E-state index contributed by atoms with van der Waals surface area (Å²) in [6.07, 6.45) is -6.52. The third kappa shape index (κ3) is 3.90. The van der Waals surface area contributed by atoms with E-state index >= 15 is 0 Å². The minimum absolute atomic E-state index is 0.0408. The maximum atomic E-state index is 12.8. The number of piperidine rings is 1. The smallest absolute Gasteiger partial charge is 0.398 e. The van der Waals surface area contributed by atoms with Gasteiger partial charge in [0.2, 0.25) is 6.10 Å². The summed E-state index contributed by atoms with van der Waals surface area (Å²) in [4.78, 5) is 18.2. The number of rotatable bonds is 3. The van der Waals surface area contributed by atoms with E-state index in [1.54, 1.807) is 29.2 Å². The Balaban J connectivity index is 1.79. The van der Waals surface area contributed by atoms with Gasteiger partial charge in [-0.2, -0.15) is 18.2 Å². The van der Waals surface area contributed by atoms with Crippen LogP contribution < -0.4 is 5.73 Å². The molecule has 27 heavy (non-hydrogen) atoms. The maximum absolute atomic E-state index is 12.8. The molecule has 0 spiro atoms. The molecule has 2 heterocycles. The number of benzene rings is 1. The third-order valence-electron chi connectivity index (χ3n) is 4.70. The topological polar surface area (TPSA) is 105 Å². The Morgan fingerprint density at radius 3 is 2.74 bits per heavy atom. The number of likely N-dealkylation sites (tertiary alicyclic amines) is 1. The molecule has 1 aliphatic rings. The van der Waals surface area contributed by atoms with Gasteiger partial charge in [0.1, 0.15) is 0 Å². The predicted octanol–water partition coefficient (Wildman–Crippen LogP) is 2.66. The fourth-order valence-electron chi connectivity index (χ4n) is 3.11. The molecule has 2 aromatic rings. The summed E-state index contributed by atoms with van der Waals surface area (Å²) in [5.74, 6) is -1.52. The second-order valence-corrected chi connectivity index (χ2v) is 6.60. The highest BCUT2D eigenvalue weighted by Crippen LogP contribution is 2.34. The summed E-state index contributed by atoms with van der Waals surface area (Å²) in [5, 5.41) is 12.8. The van der Waals surface area contributed by atoms with E-state index < -0.39 is 24.1 Å². The van der Waals surface area contributed by atoms with Crippen molar-refractivity contribution in [2.75, 3.05) is 12.3 Å². The second kappa shape index (κ2) is 7.18. The Kier molecular flexibility index (Phi) is 5.09. The molecule has 10 heteroatoms. The van der Waals surface area contributed by atoms with Crippen molar-refractivity contribution in [3.63, 3.8) is 0 Å². The van der Waals surface area contributed by atoms with Crippen molar-refractivity contribution in [1.29, 1.82) is 0 Å². The molecule has 1 aliphatic heterocycles. The SMILES string of the molecule is C[C@@H]1CC[C@@H](c2noc([C@@H](O)C(F)(F)F)n2)CN1C(=O)c1ccccc1N. The Morgan fingerprint density at radius 2 is 2.07 bits per heavy atom. The summed E-state index contributed by atoms with van der Waals surface area (Å²) < 4.78 is 42.3. The van der Waals surface area contributed by atoms with Crippen LogP contribution in [-0.4, -0.2) is 44.8 Å². The number of anilines is 1. The fourth-order valence-corrected chi connectivity index (χ4v) is 3.11. The minimum Gasteiger partial charge on any atom is -0.398 e. The van der Waals surface area contributed by atoms with Gasteiger partial charge in [0.15, 0.2) is 5.82 Å². The monoisotopic (exact) mass is 384 g/mol. The average molecular weight is 384 g/mol. The average Bonchev–Trinajstić information content (AvgIpc) is 3.10. The van der Waals surface area contributed by atoms with Gasteiger partial charge in [-0.25, -0.2) is 0 Å². The number of hydrogen-bond donors (Lipinski definition) is 2. The zero-order chi connectivity index (χ0) is 19.8. The van der Waals surface area contributed by atoms with Gasteiger partial charge in [-0.15, -0.1) is 0 Å². The Hall–Kier alpha value is -2.62. The van der Waals surface area contributed by atoms with Crippen LogP contribution in [-0.2, 0) is 0 Å². The summed E-state index contributed by atoms with van der Waals surface area (Å²) in [6.45, 7) is 2.11. The lowest BCUT2D eigenvalue weighted by molar-refractivity contribution is -0.213. The molecule has 7 nitrogen and oxygen atoms in total. The molecule has 3 N–H and O–H groups in total. The normalized spacial score (nSPS) is 21.9. The van der Waals surface area contributed by atoms with Crippen LogP contribution in [0.4, 0.5) is 18.9 Å². The zero-order valence-electron chi connectivity index (χ0n) is 14.5. The first-order chi connectivity index (χ1) is 12.7. The van der Waals surface area contributed by atoms with Crippen molar-refractivity contribution in [3.8, 4) is 0 Å². The lowest BCUT2D eigenvalue weighted by Gasteiger charge is -2.37. The number of alkyl halides is 3. The number of aliphatic hydroxyl groups excluding tert-OH is 1. The number of hydrogen-bond acceptors (Lipinski definition) is 6. The molecule has 1 aromatic heterocycles. The van der Waals surface area contributed by atoms with Gasteiger partial charge in [-0.1, -0.05) is 17.3 Å². The van der Waals surface area contributed by atoms with Crippen LogP contribution in [0.3, 0.4) is 0 Å². The van der Waals surface area contributed by atoms with Crippen molar-refractivity contribution in [2.24, 2.45) is 0 Å². The number of halogens is 3. The first-order valence-electron chi connectivity index (χ1n) is 8.42. The van der Waals surface area contributed by atoms with Gasteiger partial charge in [0.25, 0.3) is 11.8 Å². The molecule has 146 valence electrons. The van der Waals surface area contributed by atoms with Crippen molar-refractivity contribution >= 4 is 11.6 Å². The highest BCUT2D eigenvalue weighted by atomic mass is 19.4. The molecular formula is C17H19F3N4O3. The summed E-state index contributed by atoms with van der Waals surface area (Å²) >= 11 is 0. The van der Waals surface area contributed by atoms with E-state index in [1.807, 2.05) is 6.92 Å². The Bertz CT molecular complexity index is 824. The van der Waals surface area contributed by atoms with Gasteiger partial charge in [0.05, 0.1) is 5.56 Å². The number of carbonyl (C=O) groups excluding carboxylic acids is 1. The van der Waals surface area contributed by atoms with Crippen LogP contribution in [0.25, 0.3) is 0 Å². The molecule has 0 radical (unpaired) electrons. The van der Waals surface area contributed by atoms with Crippen LogP contribution in [0.2, 0.25) is 0 Å². The predicted molar refractivity (Wildman–Crippen MR) is 88.6 cm³/mol. The largest absolute Gasteiger partial charge is 0.423 e. The Morgan fingerprint density at radius 1 is 1.37 bits per heavy atom. The highest BCUT2D eigenvalue weighted by molar-refractivity contribution is 5.99. The van der Waals surface area contributed by atoms with Gasteiger partial charge in [-0.3, -0.25) is 4.79 Å². The van der Waals surface area contributed by atoms with Crippen molar-refractivity contribution < 1.29 is 27.6 Å². The molecule has 3 atom stereocenters. The molecule has 0 bridgehead atoms. The van der Waals surface area contributed by atoms with E-state index in [4.69, 9.17) is 5.73 Å². The quantitative estimate of drug-likeness (QED) is 0.788. The summed E-state index contributed by atoms with van der Waals surface area (Å²) in [7, 11) is 0. The first-order valence-corrected chi connectivity index (χ1v) is 8.42. The van der Waals surface area contributed by atoms with Crippen LogP contribution in [0.15, 0.2) is 28.8 Å². The van der Waals surface area contributed by atoms with Gasteiger partial charge < -0.3 is 20.3 Å². The molecule has 3 rings (SSSR count). The highest BCUT2D eigenvalue weighted by Gasteiger charge is 2.44. The second-order valence-electron chi connectivity index (χ2n) is 6.60. The number of aliphatic hydroxyl groups is 1. The molecule has 1 aromatic carbocycles. The van der Waals surface area contributed by atoms with Crippen LogP contribution in [0.1, 0.15) is 53.9 Å². The number of amides is 1. The van der Waals surface area contributed by atoms with E-state index in [-0.39, 0.29) is 24.3 Å². The molecule has 0 saturated carbocycles. The molecular weight excluding hydrogens is 365 g/mol. The standard InChI is InChI=1S/C17H19F3N4O3/c1-9-6-7-10(14-22-15(27-23-14)13(25)17(18,19)20)8-24(9)16(26)11-4-2-3-5-12(11)21/h2-5,9-10,13,25H,6-8,21H2,1H3/t9-,10-,13-/m1/s1. The summed E-state index contributed by atoms with van der Waals surface area (Å²) in [6, 6.07) is 6.62. The minimum atomic E-state index is -4.89. The van der Waals surface area contributed by atoms with Gasteiger partial charge in [0, 0.05) is 24.2 Å². The van der Waals surface area contributed by atoms with E-state index in [1.165, 1.54) is 0 Å². The zero-order valence-corrected chi connectivity index (χ0v) is 14.5. The van der Waals surface area contributed by atoms with E-state index in [0.29, 0.717) is 24.1 Å². The van der Waals surface area contributed by atoms with Crippen LogP contribution in [0.5, 0.6) is 0 Å². The van der Waals surface area contributed by atoms with Crippen molar-refractivity contribution in [1.82, 2.24) is 15.0 Å². The summed E-state index contributed by atoms with van der Waals surface area (Å²) in [5.41, 5.74) is 6.60. The van der Waals surface area contributed by atoms with E-state index in [0.717, 1.165) is 0 Å². The lowest BCUT2D eigenvalue weighted by atomic mass is 9.92. The number of aromatic nitrogens is 2. The van der Waals surface area contributed by atoms with Crippen LogP contribution >= 0.6 is 0 Å². The third-order valence-corrected chi connectivity index (χ3v) is 4.70. The molecule has 1 amide bonds. The first kappa shape index (κ1) is 19.2. The van der Waals surface area contributed by atoms with Crippen molar-refractivity contribution in [3.05, 3.63) is 41.5 Å². The van der Waals surface area contributed by atoms with Crippen molar-refractivity contribution in [2.45, 2.75) is 44.0 Å². The molecule has 1 saturated heterocycles. The number of nitrogens with two attached hydrogens (primary N) is 1.